The van der Waals surface area contributed by atoms with Gasteiger partial charge >= 0.3 is 8.56 Å². The lowest BCUT2D eigenvalue weighted by atomic mass is 10.5. The zero-order valence-corrected chi connectivity index (χ0v) is 23.2. The van der Waals surface area contributed by atoms with Gasteiger partial charge in [-0.05, 0) is 75.2 Å². The van der Waals surface area contributed by atoms with E-state index in [0.29, 0.717) is 0 Å². The molecule has 0 aliphatic heterocycles. The van der Waals surface area contributed by atoms with E-state index >= 15 is 0 Å². The minimum Gasteiger partial charge on any atom is -0.394 e. The van der Waals surface area contributed by atoms with Gasteiger partial charge in [-0.15, -0.1) is 0 Å². The van der Waals surface area contributed by atoms with E-state index in [1.165, 1.54) is 49.2 Å². The van der Waals surface area contributed by atoms with E-state index in [-0.39, 0.29) is 0 Å². The molecule has 3 nitrogen and oxygen atoms in total. The Bertz CT molecular complexity index is 332. The molecule has 0 aromatic carbocycles. The lowest BCUT2D eigenvalue weighted by molar-refractivity contribution is 0.182. The Labute approximate surface area is 175 Å². The summed E-state index contributed by atoms with van der Waals surface area (Å²) in [6.45, 7) is 24.2. The maximum atomic E-state index is 6.25. The Morgan fingerprint density at radius 1 is 0.556 bits per heavy atom. The molecule has 0 aliphatic carbocycles. The summed E-state index contributed by atoms with van der Waals surface area (Å²) >= 11 is 0. The van der Waals surface area contributed by atoms with Crippen molar-refractivity contribution in [3.8, 4) is 0 Å². The van der Waals surface area contributed by atoms with Gasteiger partial charge in [0.2, 0.25) is 0 Å². The summed E-state index contributed by atoms with van der Waals surface area (Å²) in [7, 11) is -4.73. The first-order chi connectivity index (χ1) is 12.9. The second-order valence-electron chi connectivity index (χ2n) is 7.96. The molecule has 0 heterocycles. The summed E-state index contributed by atoms with van der Waals surface area (Å²) in [6.07, 6.45) is 1.25. The largest absolute Gasteiger partial charge is 0.394 e. The van der Waals surface area contributed by atoms with Crippen molar-refractivity contribution in [3.63, 3.8) is 0 Å². The second-order valence-corrected chi connectivity index (χ2v) is 22.2. The van der Waals surface area contributed by atoms with Crippen LogP contribution in [-0.2, 0) is 8.85 Å². The van der Waals surface area contributed by atoms with Gasteiger partial charge in [-0.25, -0.2) is 0 Å². The van der Waals surface area contributed by atoms with Gasteiger partial charge in [0.05, 0.1) is 0 Å². The molecule has 0 fully saturated rings. The molecule has 6 heteroatoms. The minimum atomic E-state index is -2.01. The van der Waals surface area contributed by atoms with E-state index in [1.807, 2.05) is 0 Å². The second kappa shape index (κ2) is 13.7. The lowest BCUT2D eigenvalue weighted by Crippen LogP contribution is -2.66. The van der Waals surface area contributed by atoms with Crippen LogP contribution in [0, 0.1) is 0 Å². The minimum absolute atomic E-state index is 0.791. The van der Waals surface area contributed by atoms with Crippen molar-refractivity contribution < 1.29 is 8.85 Å². The molecule has 0 N–H and O–H groups in total. The van der Waals surface area contributed by atoms with E-state index in [4.69, 9.17) is 8.85 Å². The van der Waals surface area contributed by atoms with Gasteiger partial charge < -0.3 is 13.1 Å². The predicted molar refractivity (Wildman–Crippen MR) is 130 cm³/mol. The van der Waals surface area contributed by atoms with Gasteiger partial charge in [0.1, 0.15) is 16.5 Å². The van der Waals surface area contributed by atoms with Crippen LogP contribution in [0.1, 0.15) is 68.7 Å². The zero-order chi connectivity index (χ0) is 21.0. The van der Waals surface area contributed by atoms with Crippen molar-refractivity contribution in [2.45, 2.75) is 117 Å². The van der Waals surface area contributed by atoms with Gasteiger partial charge in [0.25, 0.3) is 0 Å². The Kier molecular flexibility index (Phi) is 14.0. The SMILES string of the molecule is CCO[Si](CC)(CCCN([Si](CC)(CC)CC)[Si](CC)(CC)CC)OCC. The van der Waals surface area contributed by atoms with Crippen LogP contribution < -0.4 is 0 Å². The highest BCUT2D eigenvalue weighted by atomic mass is 28.4. The molecule has 164 valence electrons. The first-order valence-electron chi connectivity index (χ1n) is 11.9. The van der Waals surface area contributed by atoms with Gasteiger partial charge in [-0.1, -0.05) is 48.5 Å². The maximum Gasteiger partial charge on any atom is 0.337 e. The van der Waals surface area contributed by atoms with Crippen molar-refractivity contribution in [1.29, 1.82) is 0 Å². The first kappa shape index (κ1) is 27.5. The molecule has 0 bridgehead atoms. The Hall–Kier alpha value is 0.531. The molecule has 0 aliphatic rings. The van der Waals surface area contributed by atoms with Crippen LogP contribution in [0.4, 0.5) is 0 Å². The van der Waals surface area contributed by atoms with Crippen molar-refractivity contribution in [2.24, 2.45) is 0 Å². The Morgan fingerprint density at radius 2 is 0.926 bits per heavy atom. The fourth-order valence-corrected chi connectivity index (χ4v) is 21.5. The molecule has 0 spiro atoms. The topological polar surface area (TPSA) is 21.7 Å². The average molecular weight is 434 g/mol. The van der Waals surface area contributed by atoms with E-state index < -0.39 is 25.0 Å². The van der Waals surface area contributed by atoms with E-state index in [0.717, 1.165) is 25.3 Å². The van der Waals surface area contributed by atoms with Crippen molar-refractivity contribution in [3.05, 3.63) is 0 Å². The predicted octanol–water partition coefficient (Wildman–Crippen LogP) is 7.22. The normalized spacial score (nSPS) is 13.6. The molecule has 0 aromatic rings. The molecule has 0 amide bonds. The highest BCUT2D eigenvalue weighted by Gasteiger charge is 2.46. The van der Waals surface area contributed by atoms with Gasteiger partial charge in [0, 0.05) is 13.2 Å². The molecule has 0 atom stereocenters. The molecule has 0 rings (SSSR count). The molecule has 0 saturated carbocycles. The number of rotatable bonds is 17. The van der Waals surface area contributed by atoms with Crippen LogP contribution in [-0.4, -0.2) is 49.0 Å². The number of hydrogen-bond donors (Lipinski definition) is 0. The molecule has 27 heavy (non-hydrogen) atoms. The Balaban J connectivity index is 5.60. The highest BCUT2D eigenvalue weighted by molar-refractivity contribution is 6.92. The standard InChI is InChI=1S/C21H51NO2Si3/c1-10-23-27(18-9,24-11-2)21-19-20-22(25(12-3,13-4)14-5)26(15-6,16-7)17-8/h10-21H2,1-9H3. The fourth-order valence-electron chi connectivity index (χ4n) is 5.22. The zero-order valence-electron chi connectivity index (χ0n) is 20.2. The van der Waals surface area contributed by atoms with E-state index in [2.05, 4.69) is 66.5 Å². The summed E-state index contributed by atoms with van der Waals surface area (Å²) in [6, 6.07) is 10.7. The smallest absolute Gasteiger partial charge is 0.337 e. The van der Waals surface area contributed by atoms with Gasteiger partial charge in [0.15, 0.2) is 0 Å². The first-order valence-corrected chi connectivity index (χ1v) is 19.3. The molecular weight excluding hydrogens is 382 g/mol. The number of nitrogens with zero attached hydrogens (tertiary/aromatic N) is 1. The molecule has 0 aromatic heterocycles. The van der Waals surface area contributed by atoms with Crippen molar-refractivity contribution >= 4 is 25.0 Å². The van der Waals surface area contributed by atoms with Crippen molar-refractivity contribution in [2.75, 3.05) is 19.8 Å². The Morgan fingerprint density at radius 3 is 1.19 bits per heavy atom. The maximum absolute atomic E-state index is 6.25. The van der Waals surface area contributed by atoms with E-state index in [1.54, 1.807) is 0 Å². The van der Waals surface area contributed by atoms with Crippen LogP contribution >= 0.6 is 0 Å². The third-order valence-corrected chi connectivity index (χ3v) is 24.7. The van der Waals surface area contributed by atoms with Gasteiger partial charge in [-0.2, -0.15) is 0 Å². The monoisotopic (exact) mass is 433 g/mol. The molecule has 0 saturated heterocycles. The third-order valence-electron chi connectivity index (χ3n) is 7.39. The van der Waals surface area contributed by atoms with Crippen LogP contribution in [0.25, 0.3) is 0 Å². The van der Waals surface area contributed by atoms with Crippen LogP contribution in [0.3, 0.4) is 0 Å². The van der Waals surface area contributed by atoms with Gasteiger partial charge in [-0.3, -0.25) is 0 Å². The van der Waals surface area contributed by atoms with Crippen LogP contribution in [0.2, 0.25) is 48.4 Å². The summed E-state index contributed by atoms with van der Waals surface area (Å²) in [5.41, 5.74) is 0. The quantitative estimate of drug-likeness (QED) is 0.226. The van der Waals surface area contributed by atoms with Crippen LogP contribution in [0.5, 0.6) is 0 Å². The van der Waals surface area contributed by atoms with Crippen LogP contribution in [0.15, 0.2) is 0 Å². The average Bonchev–Trinajstić information content (AvgIpc) is 2.71. The lowest BCUT2D eigenvalue weighted by Gasteiger charge is -2.52. The highest BCUT2D eigenvalue weighted by Crippen LogP contribution is 2.36. The summed E-state index contributed by atoms with van der Waals surface area (Å²) < 4.78 is 15.7. The summed E-state index contributed by atoms with van der Waals surface area (Å²) in [5.74, 6) is 0. The summed E-state index contributed by atoms with van der Waals surface area (Å²) in [4.78, 5) is 0. The fraction of sp³-hybridized carbons (Fsp3) is 1.00. The third kappa shape index (κ3) is 6.78. The summed E-state index contributed by atoms with van der Waals surface area (Å²) in [5, 5.41) is 0. The van der Waals surface area contributed by atoms with E-state index in [9.17, 15) is 0 Å². The number of hydrogen-bond acceptors (Lipinski definition) is 3. The van der Waals surface area contributed by atoms with Crippen molar-refractivity contribution in [1.82, 2.24) is 4.23 Å². The molecular formula is C21H51NO2Si3. The molecule has 0 radical (unpaired) electrons. The molecule has 0 unspecified atom stereocenters.